The van der Waals surface area contributed by atoms with E-state index >= 15 is 0 Å². The predicted molar refractivity (Wildman–Crippen MR) is 91.2 cm³/mol. The summed E-state index contributed by atoms with van der Waals surface area (Å²) in [5.41, 5.74) is -0.440. The summed E-state index contributed by atoms with van der Waals surface area (Å²) in [6.07, 6.45) is 2.18. The van der Waals surface area contributed by atoms with Crippen molar-refractivity contribution in [3.8, 4) is 0 Å². The number of nitrogens with one attached hydrogen (secondary N) is 1. The molecular formula is C17H35N3O2. The molecule has 5 heteroatoms. The molecule has 1 aliphatic heterocycles. The number of rotatable bonds is 6. The van der Waals surface area contributed by atoms with Gasteiger partial charge < -0.3 is 19.9 Å². The van der Waals surface area contributed by atoms with Gasteiger partial charge in [0.1, 0.15) is 5.60 Å². The first-order chi connectivity index (χ1) is 10.2. The van der Waals surface area contributed by atoms with Gasteiger partial charge in [-0.05, 0) is 67.1 Å². The molecule has 0 spiro atoms. The van der Waals surface area contributed by atoms with E-state index in [0.29, 0.717) is 12.6 Å². The Kier molecular flexibility index (Phi) is 7.63. The molecule has 0 aromatic rings. The molecule has 5 nitrogen and oxygen atoms in total. The second-order valence-electron chi connectivity index (χ2n) is 7.43. The van der Waals surface area contributed by atoms with E-state index in [1.807, 2.05) is 34.6 Å². The van der Waals surface area contributed by atoms with Crippen molar-refractivity contribution >= 4 is 6.09 Å². The molecule has 1 amide bonds. The van der Waals surface area contributed by atoms with Crippen LogP contribution in [0.15, 0.2) is 0 Å². The van der Waals surface area contributed by atoms with Gasteiger partial charge in [0.15, 0.2) is 0 Å². The molecule has 1 aliphatic rings. The van der Waals surface area contributed by atoms with Gasteiger partial charge in [-0.25, -0.2) is 4.79 Å². The highest BCUT2D eigenvalue weighted by Crippen LogP contribution is 2.12. The highest BCUT2D eigenvalue weighted by Gasteiger charge is 2.24. The van der Waals surface area contributed by atoms with Crippen molar-refractivity contribution in [2.75, 3.05) is 32.7 Å². The minimum Gasteiger partial charge on any atom is -0.444 e. The van der Waals surface area contributed by atoms with Crippen LogP contribution < -0.4 is 5.32 Å². The van der Waals surface area contributed by atoms with Crippen LogP contribution in [0.3, 0.4) is 0 Å². The number of hydrogen-bond acceptors (Lipinski definition) is 4. The van der Waals surface area contributed by atoms with Crippen LogP contribution in [-0.4, -0.2) is 66.3 Å². The molecule has 0 aliphatic carbocycles. The molecule has 0 unspecified atom stereocenters. The smallest absolute Gasteiger partial charge is 0.410 e. The molecule has 1 saturated heterocycles. The summed E-state index contributed by atoms with van der Waals surface area (Å²) >= 11 is 0. The van der Waals surface area contributed by atoms with Crippen LogP contribution >= 0.6 is 0 Å². The number of carbonyl (C=O) groups excluding carboxylic acids is 1. The van der Waals surface area contributed by atoms with E-state index in [1.165, 1.54) is 25.9 Å². The first-order valence-corrected chi connectivity index (χ1v) is 8.68. The SMILES string of the molecule is CCN1CCC(NCCN(C(=O)OC(C)(C)C)C(C)C)CC1. The van der Waals surface area contributed by atoms with Gasteiger partial charge in [0.05, 0.1) is 0 Å². The molecule has 0 radical (unpaired) electrons. The van der Waals surface area contributed by atoms with Crippen LogP contribution in [0.2, 0.25) is 0 Å². The summed E-state index contributed by atoms with van der Waals surface area (Å²) in [6, 6.07) is 0.731. The van der Waals surface area contributed by atoms with Gasteiger partial charge in [-0.3, -0.25) is 0 Å². The topological polar surface area (TPSA) is 44.8 Å². The molecule has 130 valence electrons. The number of piperidine rings is 1. The molecule has 0 saturated carbocycles. The second-order valence-corrected chi connectivity index (χ2v) is 7.43. The maximum Gasteiger partial charge on any atom is 0.410 e. The highest BCUT2D eigenvalue weighted by atomic mass is 16.6. The Morgan fingerprint density at radius 2 is 1.91 bits per heavy atom. The summed E-state index contributed by atoms with van der Waals surface area (Å²) < 4.78 is 5.48. The molecule has 1 fully saturated rings. The maximum absolute atomic E-state index is 12.2. The fourth-order valence-corrected chi connectivity index (χ4v) is 2.72. The van der Waals surface area contributed by atoms with E-state index < -0.39 is 5.60 Å². The molecular weight excluding hydrogens is 278 g/mol. The van der Waals surface area contributed by atoms with Crippen molar-refractivity contribution in [3.05, 3.63) is 0 Å². The molecule has 0 bridgehead atoms. The Balaban J connectivity index is 2.34. The van der Waals surface area contributed by atoms with Gasteiger partial charge in [-0.2, -0.15) is 0 Å². The highest BCUT2D eigenvalue weighted by molar-refractivity contribution is 5.68. The fraction of sp³-hybridized carbons (Fsp3) is 0.941. The van der Waals surface area contributed by atoms with Gasteiger partial charge in [0.2, 0.25) is 0 Å². The lowest BCUT2D eigenvalue weighted by atomic mass is 10.1. The zero-order valence-corrected chi connectivity index (χ0v) is 15.3. The van der Waals surface area contributed by atoms with Crippen LogP contribution in [0, 0.1) is 0 Å². The van der Waals surface area contributed by atoms with E-state index in [1.54, 1.807) is 4.90 Å². The van der Waals surface area contributed by atoms with E-state index in [9.17, 15) is 4.79 Å². The third kappa shape index (κ3) is 6.97. The number of carbonyl (C=O) groups is 1. The van der Waals surface area contributed by atoms with Gasteiger partial charge in [-0.15, -0.1) is 0 Å². The van der Waals surface area contributed by atoms with Crippen LogP contribution in [-0.2, 0) is 4.74 Å². The maximum atomic E-state index is 12.2. The monoisotopic (exact) mass is 313 g/mol. The molecule has 1 N–H and O–H groups in total. The lowest BCUT2D eigenvalue weighted by Gasteiger charge is -2.33. The van der Waals surface area contributed by atoms with Gasteiger partial charge in [0.25, 0.3) is 0 Å². The van der Waals surface area contributed by atoms with Gasteiger partial charge in [-0.1, -0.05) is 6.92 Å². The summed E-state index contributed by atoms with van der Waals surface area (Å²) in [5, 5.41) is 3.59. The minimum atomic E-state index is -0.440. The predicted octanol–water partition coefficient (Wildman–Crippen LogP) is 2.71. The number of amides is 1. The van der Waals surface area contributed by atoms with Crippen molar-refractivity contribution in [1.82, 2.24) is 15.1 Å². The zero-order valence-electron chi connectivity index (χ0n) is 15.3. The standard InChI is InChI=1S/C17H35N3O2/c1-7-19-11-8-15(9-12-19)18-10-13-20(14(2)3)16(21)22-17(4,5)6/h14-15,18H,7-13H2,1-6H3. The number of likely N-dealkylation sites (tertiary alicyclic amines) is 1. The quantitative estimate of drug-likeness (QED) is 0.819. The molecule has 0 atom stereocenters. The summed E-state index contributed by atoms with van der Waals surface area (Å²) in [5.74, 6) is 0. The normalized spacial score (nSPS) is 17.8. The average molecular weight is 313 g/mol. The Morgan fingerprint density at radius 1 is 1.32 bits per heavy atom. The largest absolute Gasteiger partial charge is 0.444 e. The Bertz CT molecular complexity index is 331. The minimum absolute atomic E-state index is 0.151. The van der Waals surface area contributed by atoms with Crippen molar-refractivity contribution in [1.29, 1.82) is 0 Å². The van der Waals surface area contributed by atoms with E-state index in [0.717, 1.165) is 13.1 Å². The first-order valence-electron chi connectivity index (χ1n) is 8.68. The van der Waals surface area contributed by atoms with Crippen LogP contribution in [0.25, 0.3) is 0 Å². The van der Waals surface area contributed by atoms with Gasteiger partial charge in [0, 0.05) is 25.2 Å². The molecule has 0 aromatic heterocycles. The molecule has 22 heavy (non-hydrogen) atoms. The van der Waals surface area contributed by atoms with E-state index in [2.05, 4.69) is 17.1 Å². The third-order valence-corrected chi connectivity index (χ3v) is 4.07. The molecule has 1 heterocycles. The summed E-state index contributed by atoms with van der Waals surface area (Å²) in [6.45, 7) is 17.0. The fourth-order valence-electron chi connectivity index (χ4n) is 2.72. The molecule has 1 rings (SSSR count). The zero-order chi connectivity index (χ0) is 16.8. The number of ether oxygens (including phenoxy) is 1. The van der Waals surface area contributed by atoms with Crippen molar-refractivity contribution in [2.45, 2.75) is 72.1 Å². The Hall–Kier alpha value is -0.810. The van der Waals surface area contributed by atoms with Crippen molar-refractivity contribution < 1.29 is 9.53 Å². The van der Waals surface area contributed by atoms with Crippen molar-refractivity contribution in [3.63, 3.8) is 0 Å². The number of nitrogens with zero attached hydrogens (tertiary/aromatic N) is 2. The second kappa shape index (κ2) is 8.73. The Morgan fingerprint density at radius 3 is 2.36 bits per heavy atom. The van der Waals surface area contributed by atoms with E-state index in [4.69, 9.17) is 4.74 Å². The van der Waals surface area contributed by atoms with Crippen molar-refractivity contribution in [2.24, 2.45) is 0 Å². The summed E-state index contributed by atoms with van der Waals surface area (Å²) in [7, 11) is 0. The van der Waals surface area contributed by atoms with Crippen LogP contribution in [0.4, 0.5) is 4.79 Å². The van der Waals surface area contributed by atoms with E-state index in [-0.39, 0.29) is 12.1 Å². The molecule has 0 aromatic carbocycles. The average Bonchev–Trinajstić information content (AvgIpc) is 2.41. The number of hydrogen-bond donors (Lipinski definition) is 1. The lowest BCUT2D eigenvalue weighted by Crippen LogP contribution is -2.47. The van der Waals surface area contributed by atoms with Crippen LogP contribution in [0.5, 0.6) is 0 Å². The Labute approximate surface area is 136 Å². The summed E-state index contributed by atoms with van der Waals surface area (Å²) in [4.78, 5) is 16.5. The third-order valence-electron chi connectivity index (χ3n) is 4.07. The van der Waals surface area contributed by atoms with Crippen LogP contribution in [0.1, 0.15) is 54.4 Å². The first kappa shape index (κ1) is 19.2. The van der Waals surface area contributed by atoms with Gasteiger partial charge >= 0.3 is 6.09 Å². The lowest BCUT2D eigenvalue weighted by molar-refractivity contribution is 0.0191.